The number of methoxy groups -OCH3 is 1. The highest BCUT2D eigenvalue weighted by molar-refractivity contribution is 6.37. The van der Waals surface area contributed by atoms with Gasteiger partial charge < -0.3 is 10.1 Å². The van der Waals surface area contributed by atoms with Crippen LogP contribution < -0.4 is 10.1 Å². The molecule has 0 spiro atoms. The second-order valence-electron chi connectivity index (χ2n) is 7.49. The number of ether oxygens (including phenoxy) is 1. The maximum Gasteiger partial charge on any atom is 0.278 e. The largest absolute Gasteiger partial charge is 0.496 e. The molecular formula is C23H26N2O3. The highest BCUT2D eigenvalue weighted by Crippen LogP contribution is 2.35. The van der Waals surface area contributed by atoms with Crippen LogP contribution in [0, 0.1) is 19.8 Å². The van der Waals surface area contributed by atoms with Gasteiger partial charge >= 0.3 is 0 Å². The minimum atomic E-state index is -0.308. The monoisotopic (exact) mass is 378 g/mol. The molecule has 0 bridgehead atoms. The van der Waals surface area contributed by atoms with Gasteiger partial charge in [-0.15, -0.1) is 0 Å². The van der Waals surface area contributed by atoms with Crippen molar-refractivity contribution in [3.8, 4) is 5.75 Å². The van der Waals surface area contributed by atoms with Gasteiger partial charge in [-0.1, -0.05) is 38.1 Å². The van der Waals surface area contributed by atoms with E-state index in [0.29, 0.717) is 29.1 Å². The van der Waals surface area contributed by atoms with Crippen molar-refractivity contribution in [2.45, 2.75) is 27.7 Å². The number of carbonyl (C=O) groups excluding carboxylic acids is 2. The van der Waals surface area contributed by atoms with Crippen molar-refractivity contribution in [1.29, 1.82) is 0 Å². The summed E-state index contributed by atoms with van der Waals surface area (Å²) in [5.41, 5.74) is 4.30. The van der Waals surface area contributed by atoms with E-state index in [2.05, 4.69) is 5.32 Å². The molecule has 5 heteroatoms. The molecular weight excluding hydrogens is 352 g/mol. The standard InChI is InChI=1S/C23H26N2O3/c1-14(2)13-25-22(26)20(18-8-6-7-9-19(18)28-5)21(23(25)27)24-17-11-10-15(3)16(4)12-17/h6-12,14,24H,13H2,1-5H3. The zero-order chi connectivity index (χ0) is 20.4. The predicted molar refractivity (Wildman–Crippen MR) is 111 cm³/mol. The van der Waals surface area contributed by atoms with Crippen LogP contribution in [0.5, 0.6) is 5.75 Å². The van der Waals surface area contributed by atoms with Gasteiger partial charge in [0, 0.05) is 17.8 Å². The van der Waals surface area contributed by atoms with Crippen LogP contribution in [0.25, 0.3) is 5.57 Å². The predicted octanol–water partition coefficient (Wildman–Crippen LogP) is 4.16. The number of benzene rings is 2. The summed E-state index contributed by atoms with van der Waals surface area (Å²) in [6.07, 6.45) is 0. The first-order chi connectivity index (χ1) is 13.3. The molecule has 2 amide bonds. The molecule has 0 fully saturated rings. The average Bonchev–Trinajstić information content (AvgIpc) is 2.88. The summed E-state index contributed by atoms with van der Waals surface area (Å²) in [7, 11) is 1.56. The van der Waals surface area contributed by atoms with E-state index in [1.165, 1.54) is 10.5 Å². The van der Waals surface area contributed by atoms with E-state index < -0.39 is 0 Å². The van der Waals surface area contributed by atoms with Crippen LogP contribution >= 0.6 is 0 Å². The van der Waals surface area contributed by atoms with Crippen molar-refractivity contribution in [1.82, 2.24) is 4.90 Å². The van der Waals surface area contributed by atoms with Gasteiger partial charge in [0.15, 0.2) is 0 Å². The number of anilines is 1. The maximum atomic E-state index is 13.2. The quantitative estimate of drug-likeness (QED) is 0.767. The smallest absolute Gasteiger partial charge is 0.278 e. The van der Waals surface area contributed by atoms with Gasteiger partial charge in [0.05, 0.1) is 12.7 Å². The van der Waals surface area contributed by atoms with Crippen molar-refractivity contribution in [3.63, 3.8) is 0 Å². The van der Waals surface area contributed by atoms with Crippen LogP contribution in [0.3, 0.4) is 0 Å². The summed E-state index contributed by atoms with van der Waals surface area (Å²) >= 11 is 0. The Hall–Kier alpha value is -3.08. The summed E-state index contributed by atoms with van der Waals surface area (Å²) in [5.74, 6) is 0.129. The molecule has 0 unspecified atom stereocenters. The van der Waals surface area contributed by atoms with Gasteiger partial charge in [-0.05, 0) is 49.1 Å². The van der Waals surface area contributed by atoms with Gasteiger partial charge in [0.25, 0.3) is 11.8 Å². The SMILES string of the molecule is COc1ccccc1C1=C(Nc2ccc(C)c(C)c2)C(=O)N(CC(C)C)C1=O. The fourth-order valence-electron chi connectivity index (χ4n) is 3.29. The van der Waals surface area contributed by atoms with E-state index in [-0.39, 0.29) is 17.7 Å². The van der Waals surface area contributed by atoms with E-state index in [0.717, 1.165) is 11.3 Å². The number of hydrogen-bond acceptors (Lipinski definition) is 4. The molecule has 1 aliphatic heterocycles. The summed E-state index contributed by atoms with van der Waals surface area (Å²) < 4.78 is 5.45. The second kappa shape index (κ2) is 7.89. The van der Waals surface area contributed by atoms with Crippen LogP contribution in [-0.2, 0) is 9.59 Å². The Morgan fingerprint density at radius 1 is 1.00 bits per heavy atom. The highest BCUT2D eigenvalue weighted by Gasteiger charge is 2.40. The maximum absolute atomic E-state index is 13.2. The van der Waals surface area contributed by atoms with Gasteiger partial charge in [-0.2, -0.15) is 0 Å². The zero-order valence-electron chi connectivity index (χ0n) is 17.0. The number of aryl methyl sites for hydroxylation is 2. The van der Waals surface area contributed by atoms with Crippen LogP contribution in [0.1, 0.15) is 30.5 Å². The Balaban J connectivity index is 2.12. The fraction of sp³-hybridized carbons (Fsp3) is 0.304. The number of nitrogens with one attached hydrogen (secondary N) is 1. The van der Waals surface area contributed by atoms with Crippen molar-refractivity contribution in [2.24, 2.45) is 5.92 Å². The number of imide groups is 1. The van der Waals surface area contributed by atoms with Gasteiger partial charge in [-0.3, -0.25) is 14.5 Å². The minimum absolute atomic E-state index is 0.174. The van der Waals surface area contributed by atoms with E-state index in [1.54, 1.807) is 19.2 Å². The lowest BCUT2D eigenvalue weighted by Gasteiger charge is -2.17. The second-order valence-corrected chi connectivity index (χ2v) is 7.49. The molecule has 3 rings (SSSR count). The van der Waals surface area contributed by atoms with Crippen molar-refractivity contribution in [2.75, 3.05) is 19.0 Å². The Kier molecular flexibility index (Phi) is 5.54. The van der Waals surface area contributed by atoms with Crippen molar-refractivity contribution in [3.05, 3.63) is 64.9 Å². The third kappa shape index (κ3) is 3.65. The Morgan fingerprint density at radius 3 is 2.36 bits per heavy atom. The third-order valence-corrected chi connectivity index (χ3v) is 4.87. The number of rotatable bonds is 6. The van der Waals surface area contributed by atoms with Crippen LogP contribution in [0.4, 0.5) is 5.69 Å². The highest BCUT2D eigenvalue weighted by atomic mass is 16.5. The Bertz CT molecular complexity index is 960. The number of carbonyl (C=O) groups is 2. The summed E-state index contributed by atoms with van der Waals surface area (Å²) in [6.45, 7) is 8.39. The first-order valence-electron chi connectivity index (χ1n) is 9.41. The molecule has 0 radical (unpaired) electrons. The molecule has 2 aromatic rings. The van der Waals surface area contributed by atoms with E-state index in [9.17, 15) is 9.59 Å². The molecule has 146 valence electrons. The Labute approximate surface area is 166 Å². The normalized spacial score (nSPS) is 14.3. The van der Waals surface area contributed by atoms with Crippen molar-refractivity contribution < 1.29 is 14.3 Å². The van der Waals surface area contributed by atoms with E-state index >= 15 is 0 Å². The van der Waals surface area contributed by atoms with E-state index in [4.69, 9.17) is 4.74 Å². The average molecular weight is 378 g/mol. The molecule has 1 aliphatic rings. The lowest BCUT2D eigenvalue weighted by atomic mass is 10.0. The lowest BCUT2D eigenvalue weighted by molar-refractivity contribution is -0.137. The first kappa shape index (κ1) is 19.7. The molecule has 0 saturated heterocycles. The van der Waals surface area contributed by atoms with E-state index in [1.807, 2.05) is 58.0 Å². The summed E-state index contributed by atoms with van der Waals surface area (Å²) in [5, 5.41) is 3.20. The van der Waals surface area contributed by atoms with Crippen LogP contribution in [0.15, 0.2) is 48.2 Å². The fourth-order valence-corrected chi connectivity index (χ4v) is 3.29. The molecule has 28 heavy (non-hydrogen) atoms. The lowest BCUT2D eigenvalue weighted by Crippen LogP contribution is -2.35. The molecule has 5 nitrogen and oxygen atoms in total. The number of nitrogens with zero attached hydrogens (tertiary/aromatic N) is 1. The molecule has 0 atom stereocenters. The third-order valence-electron chi connectivity index (χ3n) is 4.87. The number of para-hydroxylation sites is 1. The number of hydrogen-bond donors (Lipinski definition) is 1. The zero-order valence-corrected chi connectivity index (χ0v) is 17.0. The topological polar surface area (TPSA) is 58.6 Å². The molecule has 0 saturated carbocycles. The van der Waals surface area contributed by atoms with Gasteiger partial charge in [0.2, 0.25) is 0 Å². The summed E-state index contributed by atoms with van der Waals surface area (Å²) in [6, 6.07) is 13.2. The molecule has 1 heterocycles. The van der Waals surface area contributed by atoms with Gasteiger partial charge in [0.1, 0.15) is 11.4 Å². The minimum Gasteiger partial charge on any atom is -0.496 e. The summed E-state index contributed by atoms with van der Waals surface area (Å²) in [4.78, 5) is 27.6. The number of amides is 2. The van der Waals surface area contributed by atoms with Crippen molar-refractivity contribution >= 4 is 23.1 Å². The van der Waals surface area contributed by atoms with Crippen LogP contribution in [0.2, 0.25) is 0 Å². The van der Waals surface area contributed by atoms with Gasteiger partial charge in [-0.25, -0.2) is 0 Å². The Morgan fingerprint density at radius 2 is 1.71 bits per heavy atom. The molecule has 2 aromatic carbocycles. The molecule has 1 N–H and O–H groups in total. The van der Waals surface area contributed by atoms with Crippen LogP contribution in [-0.4, -0.2) is 30.4 Å². The molecule has 0 aromatic heterocycles. The first-order valence-corrected chi connectivity index (χ1v) is 9.41. The molecule has 0 aliphatic carbocycles.